The minimum atomic E-state index is -0.390. The smallest absolute Gasteiger partial charge is 0.323 e. The second-order valence-corrected chi connectivity index (χ2v) is 4.50. The van der Waals surface area contributed by atoms with E-state index in [-0.39, 0.29) is 11.9 Å². The molecule has 0 bridgehead atoms. The number of benzene rings is 2. The molecule has 2 amide bonds. The monoisotopic (exact) mass is 273 g/mol. The molecule has 0 aromatic heterocycles. The maximum atomic E-state index is 12.8. The van der Waals surface area contributed by atoms with Gasteiger partial charge in [-0.2, -0.15) is 0 Å². The molecule has 2 aromatic carbocycles. The fourth-order valence-electron chi connectivity index (χ4n) is 1.73. The van der Waals surface area contributed by atoms with Crippen molar-refractivity contribution in [2.75, 3.05) is 10.6 Å². The van der Waals surface area contributed by atoms with Gasteiger partial charge < -0.3 is 16.4 Å². The first-order valence-electron chi connectivity index (χ1n) is 6.24. The van der Waals surface area contributed by atoms with Crippen LogP contribution in [0.3, 0.4) is 0 Å². The van der Waals surface area contributed by atoms with Crippen LogP contribution in [0.25, 0.3) is 0 Å². The molecule has 4 N–H and O–H groups in total. The van der Waals surface area contributed by atoms with Crippen molar-refractivity contribution in [1.29, 1.82) is 0 Å². The maximum absolute atomic E-state index is 12.8. The number of nitrogens with one attached hydrogen (secondary N) is 2. The molecule has 0 heterocycles. The summed E-state index contributed by atoms with van der Waals surface area (Å²) < 4.78 is 12.8. The van der Waals surface area contributed by atoms with Crippen molar-refractivity contribution in [3.63, 3.8) is 0 Å². The van der Waals surface area contributed by atoms with Crippen LogP contribution >= 0.6 is 0 Å². The van der Waals surface area contributed by atoms with Crippen LogP contribution < -0.4 is 16.4 Å². The third-order valence-corrected chi connectivity index (χ3v) is 2.77. The molecule has 0 fully saturated rings. The first-order valence-corrected chi connectivity index (χ1v) is 6.24. The third kappa shape index (κ3) is 3.80. The van der Waals surface area contributed by atoms with E-state index in [2.05, 4.69) is 10.6 Å². The summed E-state index contributed by atoms with van der Waals surface area (Å²) >= 11 is 0. The Hall–Kier alpha value is -2.40. The summed E-state index contributed by atoms with van der Waals surface area (Å²) in [5.41, 5.74) is 7.89. The van der Waals surface area contributed by atoms with Gasteiger partial charge in [0.25, 0.3) is 0 Å². The molecule has 5 heteroatoms. The van der Waals surface area contributed by atoms with Crippen LogP contribution in [0, 0.1) is 5.82 Å². The molecular weight excluding hydrogens is 257 g/mol. The highest BCUT2D eigenvalue weighted by molar-refractivity contribution is 5.99. The quantitative estimate of drug-likeness (QED) is 0.801. The fraction of sp³-hybridized carbons (Fsp3) is 0.133. The zero-order valence-electron chi connectivity index (χ0n) is 11.1. The van der Waals surface area contributed by atoms with E-state index < -0.39 is 6.03 Å². The van der Waals surface area contributed by atoms with Gasteiger partial charge in [0.2, 0.25) is 0 Å². The predicted molar refractivity (Wildman–Crippen MR) is 78.1 cm³/mol. The molecule has 104 valence electrons. The van der Waals surface area contributed by atoms with Crippen LogP contribution in [-0.4, -0.2) is 6.03 Å². The molecule has 4 nitrogen and oxygen atoms in total. The van der Waals surface area contributed by atoms with E-state index in [4.69, 9.17) is 5.73 Å². The lowest BCUT2D eigenvalue weighted by atomic mass is 10.1. The van der Waals surface area contributed by atoms with Gasteiger partial charge in [0.05, 0.1) is 0 Å². The molecular formula is C15H16FN3O. The van der Waals surface area contributed by atoms with Crippen LogP contribution in [0.2, 0.25) is 0 Å². The van der Waals surface area contributed by atoms with Gasteiger partial charge in [-0.3, -0.25) is 0 Å². The Balaban J connectivity index is 2.01. The van der Waals surface area contributed by atoms with E-state index in [9.17, 15) is 9.18 Å². The van der Waals surface area contributed by atoms with Crippen LogP contribution in [0.15, 0.2) is 48.5 Å². The predicted octanol–water partition coefficient (Wildman–Crippen LogP) is 3.49. The second-order valence-electron chi connectivity index (χ2n) is 4.50. The highest BCUT2D eigenvalue weighted by atomic mass is 19.1. The van der Waals surface area contributed by atoms with Gasteiger partial charge in [-0.1, -0.05) is 12.1 Å². The average molecular weight is 273 g/mol. The normalized spacial score (nSPS) is 11.8. The number of urea groups is 1. The summed E-state index contributed by atoms with van der Waals surface area (Å²) in [5, 5.41) is 5.32. The largest absolute Gasteiger partial charge is 0.324 e. The van der Waals surface area contributed by atoms with Crippen molar-refractivity contribution in [2.24, 2.45) is 5.73 Å². The van der Waals surface area contributed by atoms with Crippen LogP contribution in [0.4, 0.5) is 20.6 Å². The summed E-state index contributed by atoms with van der Waals surface area (Å²) in [7, 11) is 0. The summed E-state index contributed by atoms with van der Waals surface area (Å²) in [5.74, 6) is -0.347. The minimum absolute atomic E-state index is 0.100. The average Bonchev–Trinajstić information content (AvgIpc) is 2.41. The number of nitrogens with two attached hydrogens (primary N) is 1. The van der Waals surface area contributed by atoms with Crippen LogP contribution in [-0.2, 0) is 0 Å². The van der Waals surface area contributed by atoms with Crippen molar-refractivity contribution in [1.82, 2.24) is 0 Å². The Kier molecular flexibility index (Phi) is 4.32. The number of hydrogen-bond acceptors (Lipinski definition) is 2. The van der Waals surface area contributed by atoms with E-state index >= 15 is 0 Å². The molecule has 0 saturated carbocycles. The van der Waals surface area contributed by atoms with Crippen molar-refractivity contribution in [2.45, 2.75) is 13.0 Å². The van der Waals surface area contributed by atoms with E-state index in [1.165, 1.54) is 24.3 Å². The number of carbonyl (C=O) groups excluding carboxylic acids is 1. The van der Waals surface area contributed by atoms with Gasteiger partial charge in [0.1, 0.15) is 5.82 Å². The summed E-state index contributed by atoms with van der Waals surface area (Å²) in [6.45, 7) is 1.87. The molecule has 20 heavy (non-hydrogen) atoms. The number of rotatable bonds is 3. The molecule has 2 rings (SSSR count). The third-order valence-electron chi connectivity index (χ3n) is 2.77. The Morgan fingerprint density at radius 2 is 1.75 bits per heavy atom. The van der Waals surface area contributed by atoms with E-state index in [1.54, 1.807) is 6.07 Å². The standard InChI is InChI=1S/C15H16FN3O/c1-10(17)11-3-2-4-14(9-11)19-15(20)18-13-7-5-12(16)6-8-13/h2-10H,17H2,1H3,(H2,18,19,20). The molecule has 1 atom stereocenters. The lowest BCUT2D eigenvalue weighted by Crippen LogP contribution is -2.19. The van der Waals surface area contributed by atoms with Gasteiger partial charge in [-0.25, -0.2) is 9.18 Å². The highest BCUT2D eigenvalue weighted by Crippen LogP contribution is 2.16. The SMILES string of the molecule is CC(N)c1cccc(NC(=O)Nc2ccc(F)cc2)c1. The van der Waals surface area contributed by atoms with Crippen molar-refractivity contribution in [3.05, 3.63) is 59.9 Å². The molecule has 0 spiro atoms. The Labute approximate surface area is 116 Å². The molecule has 0 saturated heterocycles. The van der Waals surface area contributed by atoms with Crippen molar-refractivity contribution in [3.8, 4) is 0 Å². The highest BCUT2D eigenvalue weighted by Gasteiger charge is 2.05. The lowest BCUT2D eigenvalue weighted by molar-refractivity contribution is 0.262. The van der Waals surface area contributed by atoms with Gasteiger partial charge in [0, 0.05) is 17.4 Å². The first kappa shape index (κ1) is 14.0. The van der Waals surface area contributed by atoms with E-state index in [0.29, 0.717) is 11.4 Å². The number of carbonyl (C=O) groups is 1. The van der Waals surface area contributed by atoms with Crippen molar-refractivity contribution < 1.29 is 9.18 Å². The maximum Gasteiger partial charge on any atom is 0.323 e. The topological polar surface area (TPSA) is 67.1 Å². The summed E-state index contributed by atoms with van der Waals surface area (Å²) in [6, 6.07) is 12.4. The minimum Gasteiger partial charge on any atom is -0.324 e. The lowest BCUT2D eigenvalue weighted by Gasteiger charge is -2.10. The van der Waals surface area contributed by atoms with Crippen LogP contribution in [0.5, 0.6) is 0 Å². The first-order chi connectivity index (χ1) is 9.54. The number of hydrogen-bond donors (Lipinski definition) is 3. The Morgan fingerprint density at radius 3 is 2.40 bits per heavy atom. The zero-order chi connectivity index (χ0) is 14.5. The summed E-state index contributed by atoms with van der Waals surface area (Å²) in [6.07, 6.45) is 0. The van der Waals surface area contributed by atoms with Gasteiger partial charge in [-0.15, -0.1) is 0 Å². The van der Waals surface area contributed by atoms with Gasteiger partial charge in [-0.05, 0) is 48.9 Å². The molecule has 0 radical (unpaired) electrons. The van der Waals surface area contributed by atoms with Crippen LogP contribution in [0.1, 0.15) is 18.5 Å². The summed E-state index contributed by atoms with van der Waals surface area (Å²) in [4.78, 5) is 11.8. The molecule has 0 aliphatic carbocycles. The molecule has 0 aliphatic rings. The number of halogens is 1. The van der Waals surface area contributed by atoms with Crippen molar-refractivity contribution >= 4 is 17.4 Å². The van der Waals surface area contributed by atoms with E-state index in [1.807, 2.05) is 25.1 Å². The molecule has 0 aliphatic heterocycles. The zero-order valence-corrected chi connectivity index (χ0v) is 11.1. The second kappa shape index (κ2) is 6.16. The number of amides is 2. The van der Waals surface area contributed by atoms with E-state index in [0.717, 1.165) is 5.56 Å². The fourth-order valence-corrected chi connectivity index (χ4v) is 1.73. The Morgan fingerprint density at radius 1 is 1.10 bits per heavy atom. The number of anilines is 2. The molecule has 2 aromatic rings. The van der Waals surface area contributed by atoms with Gasteiger partial charge in [0.15, 0.2) is 0 Å². The molecule has 1 unspecified atom stereocenters. The van der Waals surface area contributed by atoms with Gasteiger partial charge >= 0.3 is 6.03 Å². The Bertz CT molecular complexity index is 596.